The first-order valence-electron chi connectivity index (χ1n) is 4.40. The van der Waals surface area contributed by atoms with Gasteiger partial charge in [-0.1, -0.05) is 23.7 Å². The Hall–Kier alpha value is -1.55. The number of amides is 1. The molecule has 15 heavy (non-hydrogen) atoms. The average Bonchev–Trinajstić information content (AvgIpc) is 2.18. The molecule has 0 aromatic heterocycles. The van der Waals surface area contributed by atoms with E-state index < -0.39 is 11.9 Å². The molecule has 1 heterocycles. The van der Waals surface area contributed by atoms with Crippen molar-refractivity contribution < 1.29 is 14.7 Å². The van der Waals surface area contributed by atoms with Crippen molar-refractivity contribution in [1.29, 1.82) is 0 Å². The third-order valence-corrected chi connectivity index (χ3v) is 2.69. The van der Waals surface area contributed by atoms with E-state index in [9.17, 15) is 9.59 Å². The Kier molecular flexibility index (Phi) is 2.36. The second kappa shape index (κ2) is 3.55. The summed E-state index contributed by atoms with van der Waals surface area (Å²) in [6.07, 6.45) is -0.0390. The van der Waals surface area contributed by atoms with Crippen LogP contribution in [0.2, 0.25) is 5.02 Å². The molecule has 1 aliphatic rings. The summed E-state index contributed by atoms with van der Waals surface area (Å²) in [5.41, 5.74) is 0.984. The van der Waals surface area contributed by atoms with Gasteiger partial charge < -0.3 is 10.4 Å². The highest BCUT2D eigenvalue weighted by molar-refractivity contribution is 6.34. The van der Waals surface area contributed by atoms with Crippen molar-refractivity contribution in [1.82, 2.24) is 0 Å². The molecule has 5 heteroatoms. The Morgan fingerprint density at radius 2 is 2.27 bits per heavy atom. The van der Waals surface area contributed by atoms with Gasteiger partial charge in [-0.25, -0.2) is 0 Å². The lowest BCUT2D eigenvalue weighted by atomic mass is 9.91. The number of rotatable bonds is 1. The average molecular weight is 226 g/mol. The molecule has 2 N–H and O–H groups in total. The smallest absolute Gasteiger partial charge is 0.311 e. The molecule has 0 saturated heterocycles. The molecule has 1 amide bonds. The maximum Gasteiger partial charge on any atom is 0.311 e. The Morgan fingerprint density at radius 1 is 1.53 bits per heavy atom. The molecule has 78 valence electrons. The number of nitrogens with one attached hydrogen (secondary N) is 1. The highest BCUT2D eigenvalue weighted by atomic mass is 35.5. The Balaban J connectivity index is 2.55. The number of carboxylic acids is 1. The quantitative estimate of drug-likeness (QED) is 0.767. The molecule has 1 unspecified atom stereocenters. The first kappa shape index (κ1) is 9.98. The fourth-order valence-electron chi connectivity index (χ4n) is 1.67. The number of para-hydroxylation sites is 1. The molecule has 1 aromatic carbocycles. The summed E-state index contributed by atoms with van der Waals surface area (Å²) in [5.74, 6) is -2.12. The first-order chi connectivity index (χ1) is 7.09. The molecule has 0 aliphatic carbocycles. The van der Waals surface area contributed by atoms with Gasteiger partial charge in [-0.05, 0) is 11.6 Å². The van der Waals surface area contributed by atoms with E-state index in [-0.39, 0.29) is 12.3 Å². The van der Waals surface area contributed by atoms with Crippen molar-refractivity contribution in [3.63, 3.8) is 0 Å². The largest absolute Gasteiger partial charge is 0.481 e. The zero-order valence-electron chi connectivity index (χ0n) is 7.66. The van der Waals surface area contributed by atoms with E-state index in [4.69, 9.17) is 16.7 Å². The monoisotopic (exact) mass is 225 g/mol. The maximum absolute atomic E-state index is 11.3. The zero-order chi connectivity index (χ0) is 11.0. The molecule has 1 aromatic rings. The van der Waals surface area contributed by atoms with Gasteiger partial charge in [0.05, 0.1) is 16.6 Å². The van der Waals surface area contributed by atoms with E-state index in [2.05, 4.69) is 5.32 Å². The van der Waals surface area contributed by atoms with Crippen LogP contribution < -0.4 is 5.32 Å². The predicted molar refractivity (Wildman–Crippen MR) is 55.1 cm³/mol. The number of hydrogen-bond acceptors (Lipinski definition) is 2. The molecule has 1 atom stereocenters. The van der Waals surface area contributed by atoms with Crippen molar-refractivity contribution in [2.24, 2.45) is 0 Å². The van der Waals surface area contributed by atoms with Crippen LogP contribution in [0.4, 0.5) is 5.69 Å². The summed E-state index contributed by atoms with van der Waals surface area (Å²) in [6, 6.07) is 4.96. The van der Waals surface area contributed by atoms with E-state index in [1.807, 2.05) is 0 Å². The van der Waals surface area contributed by atoms with Crippen LogP contribution in [0.5, 0.6) is 0 Å². The van der Waals surface area contributed by atoms with Crippen LogP contribution in [0.3, 0.4) is 0 Å². The molecule has 0 spiro atoms. The van der Waals surface area contributed by atoms with E-state index >= 15 is 0 Å². The fraction of sp³-hybridized carbons (Fsp3) is 0.200. The molecular weight excluding hydrogens is 218 g/mol. The van der Waals surface area contributed by atoms with E-state index in [1.54, 1.807) is 18.2 Å². The molecular formula is C10H8ClNO3. The number of carbonyl (C=O) groups is 2. The summed E-state index contributed by atoms with van der Waals surface area (Å²) in [7, 11) is 0. The van der Waals surface area contributed by atoms with Gasteiger partial charge in [0.2, 0.25) is 5.91 Å². The lowest BCUT2D eigenvalue weighted by molar-refractivity contribution is -0.140. The van der Waals surface area contributed by atoms with Crippen LogP contribution in [0, 0.1) is 0 Å². The number of carboxylic acid groups (broad SMARTS) is 1. The molecule has 1 aliphatic heterocycles. The van der Waals surface area contributed by atoms with Crippen LogP contribution >= 0.6 is 11.6 Å². The third kappa shape index (κ3) is 1.68. The lowest BCUT2D eigenvalue weighted by Crippen LogP contribution is -2.27. The van der Waals surface area contributed by atoms with Crippen molar-refractivity contribution >= 4 is 29.2 Å². The van der Waals surface area contributed by atoms with Gasteiger partial charge in [0.1, 0.15) is 0 Å². The summed E-state index contributed by atoms with van der Waals surface area (Å²) < 4.78 is 0. The third-order valence-electron chi connectivity index (χ3n) is 2.37. The van der Waals surface area contributed by atoms with Gasteiger partial charge in [0.25, 0.3) is 0 Å². The van der Waals surface area contributed by atoms with Gasteiger partial charge >= 0.3 is 5.97 Å². The summed E-state index contributed by atoms with van der Waals surface area (Å²) in [4.78, 5) is 22.2. The fourth-order valence-corrected chi connectivity index (χ4v) is 1.90. The lowest BCUT2D eigenvalue weighted by Gasteiger charge is -2.23. The molecule has 0 bridgehead atoms. The van der Waals surface area contributed by atoms with Gasteiger partial charge in [-0.15, -0.1) is 0 Å². The standard InChI is InChI=1S/C10H8ClNO3/c11-7-3-1-2-5-6(10(14)15)4-8(13)12-9(5)7/h1-3,6H,4H2,(H,12,13)(H,14,15). The number of halogens is 1. The second-order valence-electron chi connectivity index (χ2n) is 3.35. The molecule has 0 fully saturated rings. The topological polar surface area (TPSA) is 66.4 Å². The normalized spacial score (nSPS) is 19.3. The summed E-state index contributed by atoms with van der Waals surface area (Å²) >= 11 is 5.87. The van der Waals surface area contributed by atoms with Gasteiger partial charge in [0, 0.05) is 6.42 Å². The van der Waals surface area contributed by atoms with Crippen LogP contribution in [-0.2, 0) is 9.59 Å². The van der Waals surface area contributed by atoms with Gasteiger partial charge in [0.15, 0.2) is 0 Å². The van der Waals surface area contributed by atoms with Crippen molar-refractivity contribution in [3.8, 4) is 0 Å². The minimum absolute atomic E-state index is 0.0390. The van der Waals surface area contributed by atoms with Crippen LogP contribution in [0.25, 0.3) is 0 Å². The number of carbonyl (C=O) groups excluding carboxylic acids is 1. The van der Waals surface area contributed by atoms with Crippen LogP contribution in [-0.4, -0.2) is 17.0 Å². The minimum atomic E-state index is -1.01. The van der Waals surface area contributed by atoms with E-state index in [0.717, 1.165) is 0 Å². The minimum Gasteiger partial charge on any atom is -0.481 e. The summed E-state index contributed by atoms with van der Waals surface area (Å²) in [5, 5.41) is 11.9. The number of fused-ring (bicyclic) bond motifs is 1. The van der Waals surface area contributed by atoms with Crippen LogP contribution in [0.15, 0.2) is 18.2 Å². The molecule has 2 rings (SSSR count). The maximum atomic E-state index is 11.3. The van der Waals surface area contributed by atoms with E-state index in [1.165, 1.54) is 0 Å². The summed E-state index contributed by atoms with van der Waals surface area (Å²) in [6.45, 7) is 0. The SMILES string of the molecule is O=C1CC(C(=O)O)c2cccc(Cl)c2N1. The van der Waals surface area contributed by atoms with E-state index in [0.29, 0.717) is 16.3 Å². The van der Waals surface area contributed by atoms with Gasteiger partial charge in [-0.3, -0.25) is 9.59 Å². The first-order valence-corrected chi connectivity index (χ1v) is 4.78. The number of anilines is 1. The number of aliphatic carboxylic acids is 1. The predicted octanol–water partition coefficient (Wildman–Crippen LogP) is 1.85. The number of benzene rings is 1. The van der Waals surface area contributed by atoms with Crippen molar-refractivity contribution in [2.75, 3.05) is 5.32 Å². The van der Waals surface area contributed by atoms with Crippen molar-refractivity contribution in [2.45, 2.75) is 12.3 Å². The highest BCUT2D eigenvalue weighted by Crippen LogP contribution is 2.36. The molecule has 0 radical (unpaired) electrons. The molecule has 0 saturated carbocycles. The zero-order valence-corrected chi connectivity index (χ0v) is 8.41. The van der Waals surface area contributed by atoms with Crippen molar-refractivity contribution in [3.05, 3.63) is 28.8 Å². The van der Waals surface area contributed by atoms with Crippen LogP contribution in [0.1, 0.15) is 17.9 Å². The Labute approximate surface area is 90.9 Å². The number of hydrogen-bond donors (Lipinski definition) is 2. The van der Waals surface area contributed by atoms with Gasteiger partial charge in [-0.2, -0.15) is 0 Å². The Morgan fingerprint density at radius 3 is 2.93 bits per heavy atom. The second-order valence-corrected chi connectivity index (χ2v) is 3.75. The Bertz CT molecular complexity index is 444. The molecule has 4 nitrogen and oxygen atoms in total. The highest BCUT2D eigenvalue weighted by Gasteiger charge is 2.31.